The Morgan fingerprint density at radius 1 is 0.800 bits per heavy atom. The predicted octanol–water partition coefficient (Wildman–Crippen LogP) is 5.15. The van der Waals surface area contributed by atoms with E-state index in [1.807, 2.05) is 48.5 Å². The molecule has 0 aliphatic heterocycles. The molecule has 1 amide bonds. The average molecular weight is 422 g/mol. The monoisotopic (exact) mass is 421 g/mol. The molecule has 152 valence electrons. The van der Waals surface area contributed by atoms with Gasteiger partial charge in [-0.15, -0.1) is 0 Å². The van der Waals surface area contributed by atoms with Crippen LogP contribution in [0.4, 0.5) is 5.69 Å². The van der Waals surface area contributed by atoms with Crippen LogP contribution in [-0.2, 0) is 14.3 Å². The number of hydrogen-bond acceptors (Lipinski definition) is 4. The van der Waals surface area contributed by atoms with Gasteiger partial charge in [0.1, 0.15) is 0 Å². The summed E-state index contributed by atoms with van der Waals surface area (Å²) in [6.07, 6.45) is -0.103. The lowest BCUT2D eigenvalue weighted by Gasteiger charge is -2.11. The maximum Gasteiger partial charge on any atom is 0.306 e. The Bertz CT molecular complexity index is 1030. The van der Waals surface area contributed by atoms with Crippen LogP contribution in [-0.4, -0.2) is 24.3 Å². The molecule has 3 rings (SSSR count). The second kappa shape index (κ2) is 10.4. The van der Waals surface area contributed by atoms with Gasteiger partial charge in [-0.25, -0.2) is 0 Å². The minimum Gasteiger partial charge on any atom is -0.456 e. The van der Waals surface area contributed by atoms with E-state index in [4.69, 9.17) is 16.3 Å². The Labute approximate surface area is 179 Å². The highest BCUT2D eigenvalue weighted by Crippen LogP contribution is 2.27. The summed E-state index contributed by atoms with van der Waals surface area (Å²) in [5, 5.41) is 3.30. The van der Waals surface area contributed by atoms with Gasteiger partial charge in [0.15, 0.2) is 12.4 Å². The van der Waals surface area contributed by atoms with Crippen LogP contribution in [0.25, 0.3) is 11.1 Å². The van der Waals surface area contributed by atoms with Crippen LogP contribution in [0.5, 0.6) is 0 Å². The van der Waals surface area contributed by atoms with Gasteiger partial charge in [0.2, 0.25) is 0 Å². The van der Waals surface area contributed by atoms with Crippen molar-refractivity contribution in [3.63, 3.8) is 0 Å². The van der Waals surface area contributed by atoms with Crippen LogP contribution in [0, 0.1) is 0 Å². The largest absolute Gasteiger partial charge is 0.456 e. The van der Waals surface area contributed by atoms with Crippen LogP contribution in [0.1, 0.15) is 23.2 Å². The van der Waals surface area contributed by atoms with E-state index in [9.17, 15) is 14.4 Å². The molecule has 0 unspecified atom stereocenters. The van der Waals surface area contributed by atoms with Gasteiger partial charge in [-0.3, -0.25) is 14.4 Å². The highest BCUT2D eigenvalue weighted by molar-refractivity contribution is 6.30. The maximum atomic E-state index is 12.2. The summed E-state index contributed by atoms with van der Waals surface area (Å²) in [6, 6.07) is 23.5. The van der Waals surface area contributed by atoms with Gasteiger partial charge in [0.25, 0.3) is 5.91 Å². The lowest BCUT2D eigenvalue weighted by atomic mass is 10.0. The van der Waals surface area contributed by atoms with Crippen LogP contribution in [0.2, 0.25) is 5.02 Å². The third-order valence-electron chi connectivity index (χ3n) is 4.37. The van der Waals surface area contributed by atoms with Gasteiger partial charge in [0.05, 0.1) is 6.42 Å². The Kier molecular flexibility index (Phi) is 7.35. The van der Waals surface area contributed by atoms with Gasteiger partial charge >= 0.3 is 5.97 Å². The molecule has 6 heteroatoms. The van der Waals surface area contributed by atoms with Crippen molar-refractivity contribution in [3.8, 4) is 11.1 Å². The summed E-state index contributed by atoms with van der Waals surface area (Å²) in [6.45, 7) is -0.420. The van der Waals surface area contributed by atoms with Gasteiger partial charge < -0.3 is 10.1 Å². The number of para-hydroxylation sites is 1. The zero-order chi connectivity index (χ0) is 21.3. The molecule has 5 nitrogen and oxygen atoms in total. The van der Waals surface area contributed by atoms with E-state index in [-0.39, 0.29) is 18.6 Å². The molecule has 0 heterocycles. The molecule has 0 saturated carbocycles. The van der Waals surface area contributed by atoms with Crippen molar-refractivity contribution in [2.75, 3.05) is 11.9 Å². The lowest BCUT2D eigenvalue weighted by Crippen LogP contribution is -2.21. The predicted molar refractivity (Wildman–Crippen MR) is 116 cm³/mol. The summed E-state index contributed by atoms with van der Waals surface area (Å²) >= 11 is 5.79. The van der Waals surface area contributed by atoms with Crippen molar-refractivity contribution in [2.24, 2.45) is 0 Å². The topological polar surface area (TPSA) is 72.5 Å². The fourth-order valence-corrected chi connectivity index (χ4v) is 2.99. The molecule has 3 aromatic carbocycles. The van der Waals surface area contributed by atoms with Gasteiger partial charge in [-0.1, -0.05) is 60.1 Å². The van der Waals surface area contributed by atoms with Crippen LogP contribution in [0.15, 0.2) is 78.9 Å². The second-order valence-corrected chi connectivity index (χ2v) is 6.99. The molecule has 0 aromatic heterocycles. The molecule has 0 aliphatic carbocycles. The van der Waals surface area contributed by atoms with E-state index < -0.39 is 18.5 Å². The number of carbonyl (C=O) groups excluding carboxylic acids is 3. The van der Waals surface area contributed by atoms with Gasteiger partial charge in [-0.05, 0) is 35.9 Å². The first-order valence-corrected chi connectivity index (χ1v) is 9.79. The van der Waals surface area contributed by atoms with Crippen molar-refractivity contribution in [2.45, 2.75) is 12.8 Å². The number of nitrogens with one attached hydrogen (secondary N) is 1. The molecule has 0 bridgehead atoms. The normalized spacial score (nSPS) is 10.3. The first-order valence-electron chi connectivity index (χ1n) is 9.41. The number of amides is 1. The highest BCUT2D eigenvalue weighted by Gasteiger charge is 2.13. The Hall–Kier alpha value is -3.44. The molecule has 0 fully saturated rings. The third kappa shape index (κ3) is 6.03. The molecule has 0 saturated heterocycles. The fraction of sp³-hybridized carbons (Fsp3) is 0.125. The lowest BCUT2D eigenvalue weighted by molar-refractivity contribution is -0.147. The summed E-state index contributed by atoms with van der Waals surface area (Å²) < 4.78 is 5.00. The zero-order valence-electron chi connectivity index (χ0n) is 16.1. The number of rotatable bonds is 8. The number of Topliss-reactive ketones (excluding diaryl/α,β-unsaturated/α-hetero) is 1. The van der Waals surface area contributed by atoms with Crippen LogP contribution >= 0.6 is 11.6 Å². The van der Waals surface area contributed by atoms with E-state index in [0.717, 1.165) is 11.1 Å². The molecular formula is C24H20ClNO4. The minimum absolute atomic E-state index is 0.00107. The molecular weight excluding hydrogens is 402 g/mol. The van der Waals surface area contributed by atoms with E-state index in [2.05, 4.69) is 5.32 Å². The van der Waals surface area contributed by atoms with E-state index in [1.54, 1.807) is 30.3 Å². The van der Waals surface area contributed by atoms with E-state index >= 15 is 0 Å². The Balaban J connectivity index is 1.49. The minimum atomic E-state index is -0.608. The van der Waals surface area contributed by atoms with Crippen LogP contribution < -0.4 is 5.32 Å². The summed E-state index contributed by atoms with van der Waals surface area (Å²) in [5.41, 5.74) is 2.93. The quantitative estimate of drug-likeness (QED) is 0.403. The van der Waals surface area contributed by atoms with Gasteiger partial charge in [0, 0.05) is 28.3 Å². The SMILES string of the molecule is O=C(COC(=O)CCC(=O)c1ccc(Cl)cc1)Nc1ccccc1-c1ccccc1. The number of carbonyl (C=O) groups is 3. The fourth-order valence-electron chi connectivity index (χ4n) is 2.86. The highest BCUT2D eigenvalue weighted by atomic mass is 35.5. The first kappa shape index (κ1) is 21.3. The third-order valence-corrected chi connectivity index (χ3v) is 4.62. The number of ketones is 1. The number of ether oxygens (including phenoxy) is 1. The van der Waals surface area contributed by atoms with E-state index in [1.165, 1.54) is 0 Å². The van der Waals surface area contributed by atoms with Crippen molar-refractivity contribution in [3.05, 3.63) is 89.4 Å². The van der Waals surface area contributed by atoms with Gasteiger partial charge in [-0.2, -0.15) is 0 Å². The molecule has 0 atom stereocenters. The summed E-state index contributed by atoms with van der Waals surface area (Å²) in [7, 11) is 0. The van der Waals surface area contributed by atoms with Crippen molar-refractivity contribution in [1.82, 2.24) is 0 Å². The van der Waals surface area contributed by atoms with Crippen molar-refractivity contribution < 1.29 is 19.1 Å². The average Bonchev–Trinajstić information content (AvgIpc) is 2.77. The second-order valence-electron chi connectivity index (χ2n) is 6.55. The molecule has 0 spiro atoms. The van der Waals surface area contributed by atoms with Crippen molar-refractivity contribution >= 4 is 34.9 Å². The molecule has 30 heavy (non-hydrogen) atoms. The van der Waals surface area contributed by atoms with Crippen LogP contribution in [0.3, 0.4) is 0 Å². The molecule has 0 aliphatic rings. The maximum absolute atomic E-state index is 12.2. The summed E-state index contributed by atoms with van der Waals surface area (Å²) in [5.74, 6) is -1.25. The number of halogens is 1. The number of anilines is 1. The Morgan fingerprint density at radius 3 is 2.20 bits per heavy atom. The smallest absolute Gasteiger partial charge is 0.306 e. The molecule has 0 radical (unpaired) electrons. The van der Waals surface area contributed by atoms with E-state index in [0.29, 0.717) is 16.3 Å². The first-order chi connectivity index (χ1) is 14.5. The number of hydrogen-bond donors (Lipinski definition) is 1. The van der Waals surface area contributed by atoms with Crippen molar-refractivity contribution in [1.29, 1.82) is 0 Å². The number of esters is 1. The zero-order valence-corrected chi connectivity index (χ0v) is 16.9. The summed E-state index contributed by atoms with van der Waals surface area (Å²) in [4.78, 5) is 36.2. The molecule has 3 aromatic rings. The Morgan fingerprint density at radius 2 is 1.47 bits per heavy atom. The molecule has 1 N–H and O–H groups in total. The standard InChI is InChI=1S/C24H20ClNO4/c25-19-12-10-18(11-13-19)22(27)14-15-24(29)30-16-23(28)26-21-9-5-4-8-20(21)17-6-2-1-3-7-17/h1-13H,14-16H2,(H,26,28). The number of benzene rings is 3.